The Morgan fingerprint density at radius 3 is 2.93 bits per heavy atom. The van der Waals surface area contributed by atoms with Crippen LogP contribution in [0.5, 0.6) is 0 Å². The third-order valence-corrected chi connectivity index (χ3v) is 2.33. The Kier molecular flexibility index (Phi) is 2.20. The van der Waals surface area contributed by atoms with Crippen molar-refractivity contribution in [2.75, 3.05) is 6.61 Å². The highest BCUT2D eigenvalue weighted by Gasteiger charge is 2.31. The molecule has 1 aromatic rings. The number of hydrogen-bond donors (Lipinski definition) is 1. The van der Waals surface area contributed by atoms with E-state index in [0.29, 0.717) is 12.5 Å². The van der Waals surface area contributed by atoms with Crippen molar-refractivity contribution in [3.8, 4) is 0 Å². The summed E-state index contributed by atoms with van der Waals surface area (Å²) in [6.07, 6.45) is 0.805. The molecule has 2 rings (SSSR count). The summed E-state index contributed by atoms with van der Waals surface area (Å²) in [7, 11) is 0. The number of rotatable bonds is 2. The molecule has 0 radical (unpaired) electrons. The van der Waals surface area contributed by atoms with Gasteiger partial charge >= 0.3 is 5.97 Å². The van der Waals surface area contributed by atoms with Gasteiger partial charge in [0.15, 0.2) is 0 Å². The third kappa shape index (κ3) is 1.48. The first-order chi connectivity index (χ1) is 6.68. The van der Waals surface area contributed by atoms with E-state index in [1.54, 1.807) is 0 Å². The Labute approximate surface area is 79.9 Å². The fraction of sp³-hybridized carbons (Fsp3) is 0.625. The maximum absolute atomic E-state index is 10.5. The summed E-state index contributed by atoms with van der Waals surface area (Å²) in [6, 6.07) is 0. The molecular weight excluding hydrogens is 188 g/mol. The minimum Gasteiger partial charge on any atom is -0.475 e. The van der Waals surface area contributed by atoms with E-state index in [-0.39, 0.29) is 17.8 Å². The highest BCUT2D eigenvalue weighted by atomic mass is 16.5. The van der Waals surface area contributed by atoms with Gasteiger partial charge in [0.25, 0.3) is 5.82 Å². The van der Waals surface area contributed by atoms with Crippen LogP contribution in [0.25, 0.3) is 0 Å². The number of carbonyl (C=O) groups is 1. The van der Waals surface area contributed by atoms with Crippen molar-refractivity contribution in [1.82, 2.24) is 10.1 Å². The molecule has 0 bridgehead atoms. The van der Waals surface area contributed by atoms with Gasteiger partial charge in [-0.05, 0) is 18.5 Å². The monoisotopic (exact) mass is 198 g/mol. The number of carboxylic acid groups (broad SMARTS) is 1. The number of hydrogen-bond acceptors (Lipinski definition) is 5. The number of aromatic carboxylic acids is 1. The van der Waals surface area contributed by atoms with Gasteiger partial charge in [-0.1, -0.05) is 0 Å². The van der Waals surface area contributed by atoms with E-state index in [9.17, 15) is 4.79 Å². The van der Waals surface area contributed by atoms with Crippen LogP contribution in [0, 0.1) is 0 Å². The molecule has 1 fully saturated rings. The van der Waals surface area contributed by atoms with Crippen LogP contribution < -0.4 is 0 Å². The summed E-state index contributed by atoms with van der Waals surface area (Å²) in [5.41, 5.74) is 0. The van der Waals surface area contributed by atoms with Gasteiger partial charge in [-0.25, -0.2) is 4.79 Å². The van der Waals surface area contributed by atoms with Crippen molar-refractivity contribution in [3.05, 3.63) is 11.7 Å². The van der Waals surface area contributed by atoms with Crippen molar-refractivity contribution in [2.24, 2.45) is 0 Å². The number of aromatic nitrogens is 2. The average Bonchev–Trinajstić information content (AvgIpc) is 2.71. The Morgan fingerprint density at radius 1 is 1.64 bits per heavy atom. The average molecular weight is 198 g/mol. The van der Waals surface area contributed by atoms with Crippen molar-refractivity contribution in [2.45, 2.75) is 25.4 Å². The van der Waals surface area contributed by atoms with E-state index >= 15 is 0 Å². The van der Waals surface area contributed by atoms with Gasteiger partial charge in [0.05, 0.1) is 12.0 Å². The summed E-state index contributed by atoms with van der Waals surface area (Å²) in [6.45, 7) is 2.55. The van der Waals surface area contributed by atoms with Crippen LogP contribution in [0.3, 0.4) is 0 Å². The van der Waals surface area contributed by atoms with E-state index in [0.717, 1.165) is 6.42 Å². The lowest BCUT2D eigenvalue weighted by atomic mass is 10.0. The molecule has 0 amide bonds. The maximum Gasteiger partial charge on any atom is 0.377 e. The molecule has 0 aliphatic carbocycles. The van der Waals surface area contributed by atoms with Gasteiger partial charge in [-0.15, -0.1) is 0 Å². The van der Waals surface area contributed by atoms with Gasteiger partial charge in [0.1, 0.15) is 0 Å². The zero-order valence-corrected chi connectivity index (χ0v) is 7.64. The Morgan fingerprint density at radius 2 is 2.43 bits per heavy atom. The SMILES string of the molecule is CC1OCCC1c1nc(C(=O)O)no1. The summed E-state index contributed by atoms with van der Waals surface area (Å²) in [4.78, 5) is 14.3. The van der Waals surface area contributed by atoms with Gasteiger partial charge < -0.3 is 14.4 Å². The van der Waals surface area contributed by atoms with Crippen molar-refractivity contribution < 1.29 is 19.2 Å². The molecule has 2 atom stereocenters. The molecule has 2 heterocycles. The summed E-state index contributed by atoms with van der Waals surface area (Å²) < 4.78 is 10.2. The molecule has 1 aliphatic rings. The number of nitrogens with zero attached hydrogens (tertiary/aromatic N) is 2. The summed E-state index contributed by atoms with van der Waals surface area (Å²) in [5, 5.41) is 11.9. The standard InChI is InChI=1S/C8H10N2O4/c1-4-5(2-3-13-4)7-9-6(8(11)12)10-14-7/h4-5H,2-3H2,1H3,(H,11,12). The molecule has 76 valence electrons. The lowest BCUT2D eigenvalue weighted by Gasteiger charge is -2.07. The van der Waals surface area contributed by atoms with E-state index in [4.69, 9.17) is 14.4 Å². The minimum absolute atomic E-state index is 0.0112. The van der Waals surface area contributed by atoms with Gasteiger partial charge in [0, 0.05) is 6.61 Å². The predicted octanol–water partition coefficient (Wildman–Crippen LogP) is 0.660. The van der Waals surface area contributed by atoms with Crippen LogP contribution in [-0.2, 0) is 4.74 Å². The summed E-state index contributed by atoms with van der Waals surface area (Å²) >= 11 is 0. The Balaban J connectivity index is 2.20. The molecule has 6 heteroatoms. The number of carboxylic acids is 1. The highest BCUT2D eigenvalue weighted by molar-refractivity contribution is 5.82. The Hall–Kier alpha value is -1.43. The second-order valence-electron chi connectivity index (χ2n) is 3.23. The van der Waals surface area contributed by atoms with Crippen LogP contribution in [0.15, 0.2) is 4.52 Å². The molecule has 2 unspecified atom stereocenters. The summed E-state index contributed by atoms with van der Waals surface area (Å²) in [5.74, 6) is -1.09. The van der Waals surface area contributed by atoms with E-state index < -0.39 is 5.97 Å². The van der Waals surface area contributed by atoms with Crippen molar-refractivity contribution in [1.29, 1.82) is 0 Å². The second-order valence-corrected chi connectivity index (χ2v) is 3.23. The van der Waals surface area contributed by atoms with Crippen molar-refractivity contribution >= 4 is 5.97 Å². The van der Waals surface area contributed by atoms with E-state index in [2.05, 4.69) is 10.1 Å². The maximum atomic E-state index is 10.5. The first-order valence-electron chi connectivity index (χ1n) is 4.37. The van der Waals surface area contributed by atoms with Crippen LogP contribution in [0.1, 0.15) is 35.8 Å². The topological polar surface area (TPSA) is 85.5 Å². The fourth-order valence-electron chi connectivity index (χ4n) is 1.53. The first-order valence-corrected chi connectivity index (χ1v) is 4.37. The zero-order valence-electron chi connectivity index (χ0n) is 7.64. The van der Waals surface area contributed by atoms with Gasteiger partial charge in [0.2, 0.25) is 5.89 Å². The number of ether oxygens (including phenoxy) is 1. The molecule has 1 aromatic heterocycles. The molecule has 14 heavy (non-hydrogen) atoms. The molecule has 0 spiro atoms. The largest absolute Gasteiger partial charge is 0.475 e. The molecular formula is C8H10N2O4. The van der Waals surface area contributed by atoms with Crippen LogP contribution >= 0.6 is 0 Å². The normalized spacial score (nSPS) is 26.6. The van der Waals surface area contributed by atoms with Crippen LogP contribution in [0.4, 0.5) is 0 Å². The third-order valence-electron chi connectivity index (χ3n) is 2.33. The zero-order chi connectivity index (χ0) is 10.1. The lowest BCUT2D eigenvalue weighted by molar-refractivity contribution is 0.0680. The smallest absolute Gasteiger partial charge is 0.377 e. The van der Waals surface area contributed by atoms with Crippen LogP contribution in [-0.4, -0.2) is 33.9 Å². The van der Waals surface area contributed by atoms with E-state index in [1.807, 2.05) is 6.92 Å². The highest BCUT2D eigenvalue weighted by Crippen LogP contribution is 2.29. The molecule has 0 saturated carbocycles. The predicted molar refractivity (Wildman–Crippen MR) is 44.0 cm³/mol. The molecule has 0 aromatic carbocycles. The Bertz CT molecular complexity index is 349. The lowest BCUT2D eigenvalue weighted by Crippen LogP contribution is -2.10. The molecule has 1 aliphatic heterocycles. The fourth-order valence-corrected chi connectivity index (χ4v) is 1.53. The minimum atomic E-state index is -1.17. The van der Waals surface area contributed by atoms with Gasteiger partial charge in [-0.2, -0.15) is 4.98 Å². The van der Waals surface area contributed by atoms with Gasteiger partial charge in [-0.3, -0.25) is 0 Å². The van der Waals surface area contributed by atoms with Crippen molar-refractivity contribution in [3.63, 3.8) is 0 Å². The molecule has 1 N–H and O–H groups in total. The van der Waals surface area contributed by atoms with E-state index in [1.165, 1.54) is 0 Å². The molecule has 6 nitrogen and oxygen atoms in total. The van der Waals surface area contributed by atoms with Crippen LogP contribution in [0.2, 0.25) is 0 Å². The molecule has 1 saturated heterocycles. The first kappa shape index (κ1) is 9.14. The quantitative estimate of drug-likeness (QED) is 0.751. The second kappa shape index (κ2) is 3.38.